The van der Waals surface area contributed by atoms with Crippen LogP contribution < -0.4 is 10.2 Å². The number of amides is 2. The van der Waals surface area contributed by atoms with Crippen LogP contribution >= 0.6 is 22.9 Å². The molecule has 1 aliphatic heterocycles. The van der Waals surface area contributed by atoms with E-state index in [1.54, 1.807) is 11.3 Å². The number of halogens is 1. The number of urea groups is 1. The molecule has 3 rings (SSSR count). The number of aromatic nitrogens is 1. The van der Waals surface area contributed by atoms with Crippen LogP contribution in [-0.4, -0.2) is 42.1 Å². The normalized spacial score (nSPS) is 16.1. The number of piperazine rings is 1. The summed E-state index contributed by atoms with van der Waals surface area (Å²) >= 11 is 7.70. The summed E-state index contributed by atoms with van der Waals surface area (Å²) in [5.41, 5.74) is 1.04. The molecule has 2 amide bonds. The van der Waals surface area contributed by atoms with E-state index in [9.17, 15) is 4.79 Å². The van der Waals surface area contributed by atoms with Gasteiger partial charge in [0.1, 0.15) is 0 Å². The Morgan fingerprint density at radius 1 is 1.38 bits per heavy atom. The van der Waals surface area contributed by atoms with Crippen molar-refractivity contribution in [2.24, 2.45) is 0 Å². The smallest absolute Gasteiger partial charge is 0.318 e. The second-order valence-corrected chi connectivity index (χ2v) is 7.06. The maximum atomic E-state index is 12.6. The van der Waals surface area contributed by atoms with Crippen LogP contribution in [0.1, 0.15) is 24.9 Å². The third-order valence-electron chi connectivity index (χ3n) is 4.21. The molecule has 0 bridgehead atoms. The van der Waals surface area contributed by atoms with E-state index in [1.807, 2.05) is 40.7 Å². The highest BCUT2D eigenvalue weighted by Gasteiger charge is 2.24. The van der Waals surface area contributed by atoms with Crippen molar-refractivity contribution in [3.05, 3.63) is 46.4 Å². The Morgan fingerprint density at radius 2 is 2.17 bits per heavy atom. The molecule has 0 saturated carbocycles. The van der Waals surface area contributed by atoms with Crippen LogP contribution in [0, 0.1) is 0 Å². The van der Waals surface area contributed by atoms with E-state index >= 15 is 0 Å². The van der Waals surface area contributed by atoms with Gasteiger partial charge in [0.05, 0.1) is 6.04 Å². The van der Waals surface area contributed by atoms with Crippen molar-refractivity contribution < 1.29 is 4.79 Å². The van der Waals surface area contributed by atoms with E-state index < -0.39 is 0 Å². The molecule has 1 atom stereocenters. The molecule has 1 N–H and O–H groups in total. The quantitative estimate of drug-likeness (QED) is 0.898. The second-order valence-electron chi connectivity index (χ2n) is 5.75. The van der Waals surface area contributed by atoms with Gasteiger partial charge < -0.3 is 15.1 Å². The van der Waals surface area contributed by atoms with Gasteiger partial charge in [-0.05, 0) is 24.1 Å². The van der Waals surface area contributed by atoms with E-state index in [1.165, 1.54) is 0 Å². The van der Waals surface area contributed by atoms with Crippen LogP contribution in [0.15, 0.2) is 35.8 Å². The first kappa shape index (κ1) is 17.0. The molecule has 24 heavy (non-hydrogen) atoms. The zero-order valence-corrected chi connectivity index (χ0v) is 15.2. The van der Waals surface area contributed by atoms with Crippen molar-refractivity contribution in [2.75, 3.05) is 31.1 Å². The maximum absolute atomic E-state index is 12.6. The van der Waals surface area contributed by atoms with Crippen LogP contribution in [0.2, 0.25) is 5.02 Å². The molecule has 1 aromatic heterocycles. The topological polar surface area (TPSA) is 48.5 Å². The standard InChI is InChI=1S/C17H21ClN4OS/c1-2-15(13-4-3-5-14(18)12-13)20-16(23)21-7-9-22(10-8-21)17-19-6-11-24-17/h3-6,11-12,15H,2,7-10H2,1H3,(H,20,23)/t15-/m1/s1. The van der Waals surface area contributed by atoms with E-state index in [-0.39, 0.29) is 12.1 Å². The summed E-state index contributed by atoms with van der Waals surface area (Å²) in [5.74, 6) is 0. The molecule has 0 radical (unpaired) electrons. The van der Waals surface area contributed by atoms with Gasteiger partial charge in [0.2, 0.25) is 0 Å². The summed E-state index contributed by atoms with van der Waals surface area (Å²) in [6.07, 6.45) is 2.64. The average molecular weight is 365 g/mol. The number of benzene rings is 1. The third-order valence-corrected chi connectivity index (χ3v) is 5.28. The van der Waals surface area contributed by atoms with Crippen molar-refractivity contribution in [2.45, 2.75) is 19.4 Å². The molecule has 0 aliphatic carbocycles. The summed E-state index contributed by atoms with van der Waals surface area (Å²) < 4.78 is 0. The SMILES string of the molecule is CC[C@@H](NC(=O)N1CCN(c2nccs2)CC1)c1cccc(Cl)c1. The molecule has 5 nitrogen and oxygen atoms in total. The van der Waals surface area contributed by atoms with Gasteiger partial charge in [-0.15, -0.1) is 11.3 Å². The van der Waals surface area contributed by atoms with Gasteiger partial charge in [0, 0.05) is 42.8 Å². The van der Waals surface area contributed by atoms with Gasteiger partial charge in [-0.2, -0.15) is 0 Å². The Morgan fingerprint density at radius 3 is 2.79 bits per heavy atom. The summed E-state index contributed by atoms with van der Waals surface area (Å²) in [5, 5.41) is 6.82. The molecule has 128 valence electrons. The van der Waals surface area contributed by atoms with Crippen molar-refractivity contribution in [3.63, 3.8) is 0 Å². The molecule has 1 fully saturated rings. The molecule has 1 aromatic carbocycles. The first-order valence-electron chi connectivity index (χ1n) is 8.12. The minimum absolute atomic E-state index is 0.0133. The third kappa shape index (κ3) is 3.99. The Bertz CT molecular complexity index is 671. The number of carbonyl (C=O) groups is 1. The monoisotopic (exact) mass is 364 g/mol. The molecule has 7 heteroatoms. The highest BCUT2D eigenvalue weighted by atomic mass is 35.5. The Balaban J connectivity index is 1.57. The van der Waals surface area contributed by atoms with Crippen molar-refractivity contribution >= 4 is 34.1 Å². The fourth-order valence-electron chi connectivity index (χ4n) is 2.86. The van der Waals surface area contributed by atoms with Crippen LogP contribution in [0.3, 0.4) is 0 Å². The molecular weight excluding hydrogens is 344 g/mol. The predicted octanol–water partition coefficient (Wildman–Crippen LogP) is 3.78. The minimum atomic E-state index is -0.0202. The Kier molecular flexibility index (Phi) is 5.58. The van der Waals surface area contributed by atoms with Gasteiger partial charge in [0.15, 0.2) is 5.13 Å². The first-order chi connectivity index (χ1) is 11.7. The first-order valence-corrected chi connectivity index (χ1v) is 9.38. The highest BCUT2D eigenvalue weighted by Crippen LogP contribution is 2.22. The van der Waals surface area contributed by atoms with Gasteiger partial charge in [-0.25, -0.2) is 9.78 Å². The lowest BCUT2D eigenvalue weighted by Crippen LogP contribution is -2.52. The summed E-state index contributed by atoms with van der Waals surface area (Å²) in [4.78, 5) is 21.0. The van der Waals surface area contributed by atoms with Crippen LogP contribution in [0.25, 0.3) is 0 Å². The van der Waals surface area contributed by atoms with Crippen molar-refractivity contribution in [1.82, 2.24) is 15.2 Å². The highest BCUT2D eigenvalue weighted by molar-refractivity contribution is 7.13. The average Bonchev–Trinajstić information content (AvgIpc) is 3.14. The molecular formula is C17H21ClN4OS. The van der Waals surface area contributed by atoms with Crippen molar-refractivity contribution in [3.8, 4) is 0 Å². The molecule has 0 unspecified atom stereocenters. The van der Waals surface area contributed by atoms with E-state index in [0.29, 0.717) is 18.1 Å². The molecule has 2 heterocycles. The van der Waals surface area contributed by atoms with Crippen LogP contribution in [-0.2, 0) is 0 Å². The number of carbonyl (C=O) groups excluding carboxylic acids is 1. The molecule has 1 aliphatic rings. The number of anilines is 1. The minimum Gasteiger partial charge on any atom is -0.345 e. The number of nitrogens with one attached hydrogen (secondary N) is 1. The maximum Gasteiger partial charge on any atom is 0.318 e. The summed E-state index contributed by atoms with van der Waals surface area (Å²) in [7, 11) is 0. The Hall–Kier alpha value is -1.79. The molecule has 0 spiro atoms. The van der Waals surface area contributed by atoms with Gasteiger partial charge in [0.25, 0.3) is 0 Å². The second kappa shape index (κ2) is 7.85. The summed E-state index contributed by atoms with van der Waals surface area (Å²) in [6, 6.07) is 7.64. The summed E-state index contributed by atoms with van der Waals surface area (Å²) in [6.45, 7) is 5.10. The fraction of sp³-hybridized carbons (Fsp3) is 0.412. The predicted molar refractivity (Wildman–Crippen MR) is 98.9 cm³/mol. The number of rotatable bonds is 4. The fourth-order valence-corrected chi connectivity index (χ4v) is 3.75. The van der Waals surface area contributed by atoms with Gasteiger partial charge in [-0.3, -0.25) is 0 Å². The lowest BCUT2D eigenvalue weighted by Gasteiger charge is -2.35. The zero-order chi connectivity index (χ0) is 16.9. The van der Waals surface area contributed by atoms with Gasteiger partial charge in [-0.1, -0.05) is 30.7 Å². The number of thiazole rings is 1. The van der Waals surface area contributed by atoms with Crippen LogP contribution in [0.4, 0.5) is 9.93 Å². The van der Waals surface area contributed by atoms with E-state index in [2.05, 4.69) is 22.1 Å². The lowest BCUT2D eigenvalue weighted by atomic mass is 10.0. The number of hydrogen-bond acceptors (Lipinski definition) is 4. The van der Waals surface area contributed by atoms with Crippen molar-refractivity contribution in [1.29, 1.82) is 0 Å². The molecule has 2 aromatic rings. The number of nitrogens with zero attached hydrogens (tertiary/aromatic N) is 3. The van der Waals surface area contributed by atoms with Crippen LogP contribution in [0.5, 0.6) is 0 Å². The number of hydrogen-bond donors (Lipinski definition) is 1. The Labute approximate surface area is 151 Å². The van der Waals surface area contributed by atoms with E-state index in [4.69, 9.17) is 11.6 Å². The molecule has 1 saturated heterocycles. The zero-order valence-electron chi connectivity index (χ0n) is 13.6. The van der Waals surface area contributed by atoms with Gasteiger partial charge >= 0.3 is 6.03 Å². The van der Waals surface area contributed by atoms with E-state index in [0.717, 1.165) is 30.2 Å². The largest absolute Gasteiger partial charge is 0.345 e. The lowest BCUT2D eigenvalue weighted by molar-refractivity contribution is 0.190.